The fourth-order valence-electron chi connectivity index (χ4n) is 8.51. The van der Waals surface area contributed by atoms with E-state index in [1.165, 1.54) is 77.8 Å². The first-order valence-corrected chi connectivity index (χ1v) is 16.6. The highest BCUT2D eigenvalue weighted by atomic mass is 15.2. The van der Waals surface area contributed by atoms with E-state index in [1.54, 1.807) is 0 Å². The standard InChI is InChI=1S/C46H30N2/c1-4-13-32(14-5-1)46(33-15-6-2-7-16-33)40-21-11-10-19-39(40)44-41(46)26-25-38-37-24-23-35(31-27-29-47-30-28-31)36-20-12-22-42(43(36)37)48(45(38)44)34-17-8-3-9-18-34/h1-30H. The maximum Gasteiger partial charge on any atom is 0.0714 e. The third-order valence-electron chi connectivity index (χ3n) is 10.4. The summed E-state index contributed by atoms with van der Waals surface area (Å²) in [4.78, 5) is 6.81. The number of hydrogen-bond acceptors (Lipinski definition) is 2. The van der Waals surface area contributed by atoms with Gasteiger partial charge in [0.25, 0.3) is 0 Å². The Kier molecular flexibility index (Phi) is 5.82. The molecule has 0 saturated heterocycles. The molecule has 7 aromatic carbocycles. The van der Waals surface area contributed by atoms with E-state index in [4.69, 9.17) is 0 Å². The zero-order chi connectivity index (χ0) is 31.7. The van der Waals surface area contributed by atoms with Gasteiger partial charge in [-0.1, -0.05) is 140 Å². The smallest absolute Gasteiger partial charge is 0.0714 e. The van der Waals surface area contributed by atoms with Crippen LogP contribution in [0.5, 0.6) is 0 Å². The van der Waals surface area contributed by atoms with Crippen LogP contribution in [0.4, 0.5) is 17.1 Å². The fraction of sp³-hybridized carbons (Fsp3) is 0.0217. The minimum absolute atomic E-state index is 0.469. The fourth-order valence-corrected chi connectivity index (χ4v) is 8.51. The molecule has 10 rings (SSSR count). The summed E-state index contributed by atoms with van der Waals surface area (Å²) in [5, 5.41) is 2.51. The molecule has 1 aliphatic heterocycles. The van der Waals surface area contributed by atoms with Gasteiger partial charge in [0, 0.05) is 34.6 Å². The Bertz CT molecular complexity index is 2450. The molecule has 0 radical (unpaired) electrons. The lowest BCUT2D eigenvalue weighted by molar-refractivity contribution is 0.768. The van der Waals surface area contributed by atoms with Crippen LogP contribution in [-0.4, -0.2) is 4.98 Å². The Balaban J connectivity index is 1.36. The predicted molar refractivity (Wildman–Crippen MR) is 198 cm³/mol. The molecule has 0 saturated carbocycles. The van der Waals surface area contributed by atoms with E-state index >= 15 is 0 Å². The average molecular weight is 611 g/mol. The molecule has 0 bridgehead atoms. The van der Waals surface area contributed by atoms with Crippen molar-refractivity contribution in [3.63, 3.8) is 0 Å². The van der Waals surface area contributed by atoms with Crippen molar-refractivity contribution < 1.29 is 0 Å². The Morgan fingerprint density at radius 3 is 1.79 bits per heavy atom. The van der Waals surface area contributed by atoms with Gasteiger partial charge in [0.2, 0.25) is 0 Å². The molecular weight excluding hydrogens is 581 g/mol. The molecule has 1 aliphatic carbocycles. The number of aromatic nitrogens is 1. The van der Waals surface area contributed by atoms with E-state index in [0.717, 1.165) is 5.69 Å². The molecule has 0 spiro atoms. The number of rotatable bonds is 4. The average Bonchev–Trinajstić information content (AvgIpc) is 3.48. The molecule has 1 aromatic heterocycles. The Hall–Kier alpha value is -6.25. The summed E-state index contributed by atoms with van der Waals surface area (Å²) in [6.45, 7) is 0. The second-order valence-electron chi connectivity index (χ2n) is 12.7. The van der Waals surface area contributed by atoms with Crippen LogP contribution in [0.15, 0.2) is 182 Å². The molecule has 8 aromatic rings. The Morgan fingerprint density at radius 1 is 0.438 bits per heavy atom. The summed E-state index contributed by atoms with van der Waals surface area (Å²) < 4.78 is 0. The number of pyridine rings is 1. The molecule has 0 fully saturated rings. The van der Waals surface area contributed by atoms with Crippen LogP contribution >= 0.6 is 0 Å². The Morgan fingerprint density at radius 2 is 1.06 bits per heavy atom. The molecular formula is C46H30N2. The summed E-state index contributed by atoms with van der Waals surface area (Å²) in [6, 6.07) is 62.4. The zero-order valence-electron chi connectivity index (χ0n) is 26.2. The molecule has 224 valence electrons. The van der Waals surface area contributed by atoms with E-state index in [1.807, 2.05) is 12.4 Å². The van der Waals surface area contributed by atoms with Crippen LogP contribution in [0.25, 0.3) is 44.2 Å². The first-order chi connectivity index (χ1) is 23.9. The van der Waals surface area contributed by atoms with Crippen LogP contribution < -0.4 is 4.90 Å². The molecule has 2 heteroatoms. The van der Waals surface area contributed by atoms with E-state index in [9.17, 15) is 0 Å². The van der Waals surface area contributed by atoms with Crippen LogP contribution in [0.2, 0.25) is 0 Å². The molecule has 0 N–H and O–H groups in total. The van der Waals surface area contributed by atoms with Gasteiger partial charge in [0.1, 0.15) is 0 Å². The monoisotopic (exact) mass is 610 g/mol. The van der Waals surface area contributed by atoms with Gasteiger partial charge in [0.15, 0.2) is 0 Å². The maximum absolute atomic E-state index is 4.29. The number of nitrogens with zero attached hydrogens (tertiary/aromatic N) is 2. The molecule has 0 amide bonds. The normalized spacial score (nSPS) is 13.5. The molecule has 2 nitrogen and oxygen atoms in total. The second-order valence-corrected chi connectivity index (χ2v) is 12.7. The largest absolute Gasteiger partial charge is 0.309 e. The third-order valence-corrected chi connectivity index (χ3v) is 10.4. The molecule has 0 atom stereocenters. The molecule has 48 heavy (non-hydrogen) atoms. The molecule has 2 heterocycles. The molecule has 2 aliphatic rings. The van der Waals surface area contributed by atoms with Crippen molar-refractivity contribution in [2.75, 3.05) is 4.90 Å². The van der Waals surface area contributed by atoms with Crippen molar-refractivity contribution in [2.45, 2.75) is 5.41 Å². The number of para-hydroxylation sites is 1. The van der Waals surface area contributed by atoms with Gasteiger partial charge in [0.05, 0.1) is 16.8 Å². The SMILES string of the molecule is c1ccc(N2c3c(ccc4c3-c3ccccc3C4(c3ccccc3)c3ccccc3)-c3ccc(-c4ccncc4)c4cccc2c34)cc1. The van der Waals surface area contributed by atoms with Gasteiger partial charge in [-0.05, 0) is 80.2 Å². The van der Waals surface area contributed by atoms with E-state index in [2.05, 4.69) is 180 Å². The van der Waals surface area contributed by atoms with Crippen molar-refractivity contribution >= 4 is 27.8 Å². The van der Waals surface area contributed by atoms with Gasteiger partial charge < -0.3 is 4.90 Å². The van der Waals surface area contributed by atoms with Crippen molar-refractivity contribution in [3.05, 3.63) is 205 Å². The van der Waals surface area contributed by atoms with Crippen LogP contribution in [0.1, 0.15) is 22.3 Å². The van der Waals surface area contributed by atoms with Crippen molar-refractivity contribution in [1.82, 2.24) is 4.98 Å². The lowest BCUT2D eigenvalue weighted by Crippen LogP contribution is -2.28. The first-order valence-electron chi connectivity index (χ1n) is 16.6. The maximum atomic E-state index is 4.29. The third kappa shape index (κ3) is 3.60. The van der Waals surface area contributed by atoms with E-state index in [-0.39, 0.29) is 0 Å². The number of benzene rings is 7. The topological polar surface area (TPSA) is 16.1 Å². The van der Waals surface area contributed by atoms with Gasteiger partial charge in [-0.2, -0.15) is 0 Å². The summed E-state index contributed by atoms with van der Waals surface area (Å²) in [7, 11) is 0. The van der Waals surface area contributed by atoms with Crippen LogP contribution in [0, 0.1) is 0 Å². The summed E-state index contributed by atoms with van der Waals surface area (Å²) in [6.07, 6.45) is 3.76. The minimum Gasteiger partial charge on any atom is -0.309 e. The van der Waals surface area contributed by atoms with Gasteiger partial charge in [-0.15, -0.1) is 0 Å². The highest BCUT2D eigenvalue weighted by molar-refractivity contribution is 6.20. The van der Waals surface area contributed by atoms with Gasteiger partial charge >= 0.3 is 0 Å². The quantitative estimate of drug-likeness (QED) is 0.197. The van der Waals surface area contributed by atoms with Gasteiger partial charge in [-0.3, -0.25) is 4.98 Å². The minimum atomic E-state index is -0.469. The van der Waals surface area contributed by atoms with Crippen LogP contribution in [0.3, 0.4) is 0 Å². The van der Waals surface area contributed by atoms with E-state index in [0.29, 0.717) is 0 Å². The Labute approximate surface area is 280 Å². The van der Waals surface area contributed by atoms with Crippen molar-refractivity contribution in [1.29, 1.82) is 0 Å². The van der Waals surface area contributed by atoms with E-state index < -0.39 is 5.41 Å². The first kappa shape index (κ1) is 26.9. The lowest BCUT2D eigenvalue weighted by atomic mass is 9.67. The number of fused-ring (bicyclic) bond motifs is 6. The number of hydrogen-bond donors (Lipinski definition) is 0. The molecule has 0 unspecified atom stereocenters. The predicted octanol–water partition coefficient (Wildman–Crippen LogP) is 11.7. The zero-order valence-corrected chi connectivity index (χ0v) is 26.2. The summed E-state index contributed by atoms with van der Waals surface area (Å²) in [5.74, 6) is 0. The highest BCUT2D eigenvalue weighted by Crippen LogP contribution is 2.63. The highest BCUT2D eigenvalue weighted by Gasteiger charge is 2.48. The van der Waals surface area contributed by atoms with Crippen LogP contribution in [-0.2, 0) is 5.41 Å². The van der Waals surface area contributed by atoms with Crippen molar-refractivity contribution in [2.24, 2.45) is 0 Å². The second kappa shape index (κ2) is 10.4. The van der Waals surface area contributed by atoms with Gasteiger partial charge in [-0.25, -0.2) is 0 Å². The summed E-state index contributed by atoms with van der Waals surface area (Å²) >= 11 is 0. The lowest BCUT2D eigenvalue weighted by Gasteiger charge is -2.37. The van der Waals surface area contributed by atoms with Crippen molar-refractivity contribution in [3.8, 4) is 33.4 Å². The number of anilines is 3. The summed E-state index contributed by atoms with van der Waals surface area (Å²) in [5.41, 5.74) is 15.7.